The quantitative estimate of drug-likeness (QED) is 0.468. The Balaban J connectivity index is 2.89. The van der Waals surface area contributed by atoms with Crippen molar-refractivity contribution in [3.8, 4) is 0 Å². The van der Waals surface area contributed by atoms with E-state index < -0.39 is 4.93 Å². The Kier molecular flexibility index (Phi) is 3.94. The topological polar surface area (TPSA) is 37.3 Å². The average Bonchev–Trinajstić information content (AvgIpc) is 2.18. The fourth-order valence-electron chi connectivity index (χ4n) is 1.40. The molecule has 0 amide bonds. The lowest BCUT2D eigenvalue weighted by Gasteiger charge is -2.19. The molecule has 0 radical (unpaired) electrons. The van der Waals surface area contributed by atoms with Gasteiger partial charge in [0.1, 0.15) is 0 Å². The summed E-state index contributed by atoms with van der Waals surface area (Å²) in [5, 5.41) is 9.82. The van der Waals surface area contributed by atoms with Gasteiger partial charge in [-0.05, 0) is 13.3 Å². The number of hydrogen-bond acceptors (Lipinski definition) is 3. The molecule has 0 aliphatic carbocycles. The first-order valence-corrected chi connectivity index (χ1v) is 5.48. The lowest BCUT2D eigenvalue weighted by atomic mass is 10.0. The summed E-state index contributed by atoms with van der Waals surface area (Å²) in [5.74, 6) is -0.326. The molecular weight excluding hydrogens is 208 g/mol. The monoisotopic (exact) mass is 224 g/mol. The van der Waals surface area contributed by atoms with E-state index in [1.165, 1.54) is 0 Å². The Morgan fingerprint density at radius 2 is 1.93 bits per heavy atom. The van der Waals surface area contributed by atoms with Gasteiger partial charge in [-0.3, -0.25) is 4.79 Å². The first kappa shape index (κ1) is 12.3. The van der Waals surface area contributed by atoms with Crippen molar-refractivity contribution in [2.45, 2.75) is 31.6 Å². The molecule has 15 heavy (non-hydrogen) atoms. The van der Waals surface area contributed by atoms with Crippen LogP contribution in [0.2, 0.25) is 0 Å². The van der Waals surface area contributed by atoms with E-state index in [0.717, 1.165) is 12.0 Å². The average molecular weight is 224 g/mol. The van der Waals surface area contributed by atoms with Crippen LogP contribution in [0.4, 0.5) is 0 Å². The highest BCUT2D eigenvalue weighted by Crippen LogP contribution is 2.23. The number of benzene rings is 1. The molecule has 0 spiro atoms. The van der Waals surface area contributed by atoms with Crippen molar-refractivity contribution in [2.75, 3.05) is 0 Å². The lowest BCUT2D eigenvalue weighted by Crippen LogP contribution is -2.32. The van der Waals surface area contributed by atoms with Gasteiger partial charge in [-0.25, -0.2) is 0 Å². The Hall–Kier alpha value is -0.800. The van der Waals surface area contributed by atoms with E-state index in [0.29, 0.717) is 12.0 Å². The van der Waals surface area contributed by atoms with Crippen molar-refractivity contribution >= 4 is 18.4 Å². The van der Waals surface area contributed by atoms with Gasteiger partial charge in [0.15, 0.2) is 4.93 Å². The molecule has 0 aliphatic rings. The number of Topliss-reactive ketones (excluding diaryl/α,β-unsaturated/α-hetero) is 1. The van der Waals surface area contributed by atoms with Crippen LogP contribution in [0.3, 0.4) is 0 Å². The third kappa shape index (κ3) is 3.08. The van der Waals surface area contributed by atoms with E-state index in [9.17, 15) is 9.90 Å². The maximum absolute atomic E-state index is 11.8. The molecule has 1 unspecified atom stereocenters. The molecule has 0 saturated heterocycles. The van der Waals surface area contributed by atoms with Crippen LogP contribution in [0.1, 0.15) is 35.7 Å². The molecule has 1 atom stereocenters. The van der Waals surface area contributed by atoms with Gasteiger partial charge in [0.25, 0.3) is 0 Å². The van der Waals surface area contributed by atoms with Gasteiger partial charge in [0.2, 0.25) is 5.78 Å². The number of aryl methyl sites for hydroxylation is 1. The standard InChI is InChI=1S/C12H16O2S/c1-3-8-12(14,15)11(13)10-6-4-9(2)5-7-10/h4-7,14-15H,3,8H2,1-2H3. The van der Waals surface area contributed by atoms with E-state index in [-0.39, 0.29) is 5.78 Å². The minimum absolute atomic E-state index is 0.326. The van der Waals surface area contributed by atoms with Crippen LogP contribution in [0.5, 0.6) is 0 Å². The van der Waals surface area contributed by atoms with Crippen molar-refractivity contribution in [3.05, 3.63) is 35.4 Å². The zero-order chi connectivity index (χ0) is 11.5. The second-order valence-electron chi connectivity index (χ2n) is 3.76. The largest absolute Gasteiger partial charge is 0.372 e. The third-order valence-electron chi connectivity index (χ3n) is 2.28. The number of thiol groups is 1. The summed E-state index contributed by atoms with van der Waals surface area (Å²) >= 11 is 4.00. The molecule has 2 nitrogen and oxygen atoms in total. The van der Waals surface area contributed by atoms with E-state index in [1.54, 1.807) is 12.1 Å². The van der Waals surface area contributed by atoms with Gasteiger partial charge < -0.3 is 5.11 Å². The fourth-order valence-corrected chi connectivity index (χ4v) is 1.75. The van der Waals surface area contributed by atoms with Gasteiger partial charge in [-0.1, -0.05) is 43.2 Å². The Morgan fingerprint density at radius 1 is 1.40 bits per heavy atom. The second-order valence-corrected chi connectivity index (χ2v) is 4.50. The molecule has 0 heterocycles. The molecule has 0 fully saturated rings. The highest BCUT2D eigenvalue weighted by molar-refractivity contribution is 7.82. The summed E-state index contributed by atoms with van der Waals surface area (Å²) in [6, 6.07) is 7.13. The van der Waals surface area contributed by atoms with Crippen molar-refractivity contribution in [3.63, 3.8) is 0 Å². The van der Waals surface area contributed by atoms with Crippen molar-refractivity contribution < 1.29 is 9.90 Å². The molecule has 1 aromatic carbocycles. The molecule has 0 aliphatic heterocycles. The molecule has 1 rings (SSSR count). The van der Waals surface area contributed by atoms with Crippen molar-refractivity contribution in [1.82, 2.24) is 0 Å². The van der Waals surface area contributed by atoms with Crippen LogP contribution in [-0.2, 0) is 0 Å². The van der Waals surface area contributed by atoms with Crippen LogP contribution < -0.4 is 0 Å². The number of carbonyl (C=O) groups excluding carboxylic acids is 1. The first-order valence-electron chi connectivity index (χ1n) is 5.03. The van der Waals surface area contributed by atoms with Crippen molar-refractivity contribution in [2.24, 2.45) is 0 Å². The van der Waals surface area contributed by atoms with Gasteiger partial charge in [-0.2, -0.15) is 0 Å². The molecule has 1 aromatic rings. The molecule has 0 bridgehead atoms. The zero-order valence-electron chi connectivity index (χ0n) is 9.03. The van der Waals surface area contributed by atoms with Gasteiger partial charge in [0.05, 0.1) is 0 Å². The summed E-state index contributed by atoms with van der Waals surface area (Å²) < 4.78 is 0. The second kappa shape index (κ2) is 4.81. The van der Waals surface area contributed by atoms with Crippen LogP contribution in [0, 0.1) is 6.92 Å². The zero-order valence-corrected chi connectivity index (χ0v) is 9.92. The van der Waals surface area contributed by atoms with Crippen LogP contribution in [-0.4, -0.2) is 15.8 Å². The highest BCUT2D eigenvalue weighted by atomic mass is 32.1. The van der Waals surface area contributed by atoms with E-state index >= 15 is 0 Å². The predicted octanol–water partition coefficient (Wildman–Crippen LogP) is 2.60. The summed E-state index contributed by atoms with van der Waals surface area (Å²) in [6.07, 6.45) is 1.08. The Bertz CT molecular complexity index is 341. The number of aliphatic hydroxyl groups is 1. The van der Waals surface area contributed by atoms with Gasteiger partial charge in [0, 0.05) is 5.56 Å². The summed E-state index contributed by atoms with van der Waals surface area (Å²) in [5.41, 5.74) is 1.59. The van der Waals surface area contributed by atoms with Crippen LogP contribution >= 0.6 is 12.6 Å². The maximum atomic E-state index is 11.8. The van der Waals surface area contributed by atoms with Gasteiger partial charge >= 0.3 is 0 Å². The fraction of sp³-hybridized carbons (Fsp3) is 0.417. The lowest BCUT2D eigenvalue weighted by molar-refractivity contribution is 0.0646. The van der Waals surface area contributed by atoms with Crippen LogP contribution in [0.15, 0.2) is 24.3 Å². The predicted molar refractivity (Wildman–Crippen MR) is 64.4 cm³/mol. The van der Waals surface area contributed by atoms with Crippen LogP contribution in [0.25, 0.3) is 0 Å². The summed E-state index contributed by atoms with van der Waals surface area (Å²) in [6.45, 7) is 3.86. The van der Waals surface area contributed by atoms with Crippen molar-refractivity contribution in [1.29, 1.82) is 0 Å². The number of rotatable bonds is 4. The number of ketones is 1. The Morgan fingerprint density at radius 3 is 2.40 bits per heavy atom. The minimum Gasteiger partial charge on any atom is -0.372 e. The molecule has 82 valence electrons. The first-order chi connectivity index (χ1) is 6.97. The van der Waals surface area contributed by atoms with E-state index in [2.05, 4.69) is 12.6 Å². The molecule has 0 saturated carbocycles. The molecule has 3 heteroatoms. The smallest absolute Gasteiger partial charge is 0.204 e. The molecule has 1 N–H and O–H groups in total. The summed E-state index contributed by atoms with van der Waals surface area (Å²) in [4.78, 5) is 10.3. The van der Waals surface area contributed by atoms with E-state index in [4.69, 9.17) is 0 Å². The Labute approximate surface area is 95.7 Å². The third-order valence-corrected chi connectivity index (χ3v) is 2.70. The normalized spacial score (nSPS) is 14.7. The van der Waals surface area contributed by atoms with E-state index in [1.807, 2.05) is 26.0 Å². The number of carbonyl (C=O) groups is 1. The molecule has 0 aromatic heterocycles. The molecular formula is C12H16O2S. The SMILES string of the molecule is CCCC(O)(S)C(=O)c1ccc(C)cc1. The summed E-state index contributed by atoms with van der Waals surface area (Å²) in [7, 11) is 0. The van der Waals surface area contributed by atoms with Gasteiger partial charge in [-0.15, -0.1) is 12.6 Å². The number of hydrogen-bond donors (Lipinski definition) is 2. The minimum atomic E-state index is -1.54. The highest BCUT2D eigenvalue weighted by Gasteiger charge is 2.31. The maximum Gasteiger partial charge on any atom is 0.204 e.